The molecular formula is C14H21BrFN3O. The molecule has 0 fully saturated rings. The molecular weight excluding hydrogens is 325 g/mol. The van der Waals surface area contributed by atoms with Crippen molar-refractivity contribution in [3.05, 3.63) is 34.1 Å². The molecule has 0 amide bonds. The van der Waals surface area contributed by atoms with E-state index < -0.39 is 0 Å². The summed E-state index contributed by atoms with van der Waals surface area (Å²) >= 11 is 3.44. The van der Waals surface area contributed by atoms with Crippen LogP contribution in [-0.4, -0.2) is 29.0 Å². The molecule has 4 nitrogen and oxygen atoms in total. The molecule has 0 aliphatic heterocycles. The quantitative estimate of drug-likeness (QED) is 0.345. The molecule has 0 saturated carbocycles. The van der Waals surface area contributed by atoms with Gasteiger partial charge >= 0.3 is 0 Å². The van der Waals surface area contributed by atoms with Crippen LogP contribution in [0.15, 0.2) is 27.8 Å². The van der Waals surface area contributed by atoms with Gasteiger partial charge in [-0.05, 0) is 29.7 Å². The molecule has 0 spiro atoms. The number of hydrogen-bond acceptors (Lipinski definition) is 3. The maximum Gasteiger partial charge on any atom is 0.140 e. The monoisotopic (exact) mass is 345 g/mol. The largest absolute Gasteiger partial charge is 0.409 e. The molecule has 0 bridgehead atoms. The standard InChI is InChI=1S/C14H21BrFN3O/c1-10(2)8-19(6-5-14(17)18-20)9-11-7-12(16)3-4-13(11)15/h3-4,7,10,20H,5-6,8-9H2,1-2H3,(H2,17,18). The minimum Gasteiger partial charge on any atom is -0.409 e. The summed E-state index contributed by atoms with van der Waals surface area (Å²) in [5.41, 5.74) is 6.40. The molecule has 1 rings (SSSR count). The van der Waals surface area contributed by atoms with Gasteiger partial charge in [0.25, 0.3) is 0 Å². The van der Waals surface area contributed by atoms with Crippen LogP contribution < -0.4 is 5.73 Å². The highest BCUT2D eigenvalue weighted by molar-refractivity contribution is 9.10. The summed E-state index contributed by atoms with van der Waals surface area (Å²) in [6.45, 7) is 6.39. The van der Waals surface area contributed by atoms with E-state index in [4.69, 9.17) is 10.9 Å². The van der Waals surface area contributed by atoms with Crippen LogP contribution in [0.1, 0.15) is 25.8 Å². The van der Waals surface area contributed by atoms with Crippen molar-refractivity contribution in [3.8, 4) is 0 Å². The van der Waals surface area contributed by atoms with Gasteiger partial charge in [0, 0.05) is 30.5 Å². The van der Waals surface area contributed by atoms with E-state index in [0.717, 1.165) is 16.6 Å². The van der Waals surface area contributed by atoms with E-state index in [-0.39, 0.29) is 11.7 Å². The maximum atomic E-state index is 13.3. The minimum atomic E-state index is -0.246. The molecule has 1 aromatic carbocycles. The summed E-state index contributed by atoms with van der Waals surface area (Å²) in [5, 5.41) is 11.6. The molecule has 0 unspecified atom stereocenters. The summed E-state index contributed by atoms with van der Waals surface area (Å²) in [7, 11) is 0. The van der Waals surface area contributed by atoms with Gasteiger partial charge in [-0.15, -0.1) is 0 Å². The van der Waals surface area contributed by atoms with Gasteiger partial charge in [-0.2, -0.15) is 0 Å². The van der Waals surface area contributed by atoms with Crippen LogP contribution in [0.4, 0.5) is 4.39 Å². The highest BCUT2D eigenvalue weighted by Gasteiger charge is 2.12. The third-order valence-corrected chi connectivity index (χ3v) is 3.61. The lowest BCUT2D eigenvalue weighted by molar-refractivity contribution is 0.240. The van der Waals surface area contributed by atoms with Crippen molar-refractivity contribution in [2.45, 2.75) is 26.8 Å². The molecule has 0 atom stereocenters. The van der Waals surface area contributed by atoms with Crippen LogP contribution in [0, 0.1) is 11.7 Å². The second-order valence-corrected chi connectivity index (χ2v) is 6.06. The summed E-state index contributed by atoms with van der Waals surface area (Å²) in [6.07, 6.45) is 0.482. The Labute approximate surface area is 127 Å². The molecule has 0 aliphatic rings. The fourth-order valence-corrected chi connectivity index (χ4v) is 2.35. The molecule has 1 aromatic rings. The smallest absolute Gasteiger partial charge is 0.140 e. The van der Waals surface area contributed by atoms with E-state index in [9.17, 15) is 4.39 Å². The lowest BCUT2D eigenvalue weighted by Gasteiger charge is -2.24. The Kier molecular flexibility index (Phi) is 6.95. The van der Waals surface area contributed by atoms with E-state index in [1.807, 2.05) is 0 Å². The number of nitrogens with zero attached hydrogens (tertiary/aromatic N) is 2. The normalized spacial score (nSPS) is 12.4. The molecule has 0 saturated heterocycles. The van der Waals surface area contributed by atoms with Gasteiger partial charge < -0.3 is 10.9 Å². The first-order valence-corrected chi connectivity index (χ1v) is 7.34. The zero-order chi connectivity index (χ0) is 15.1. The number of halogens is 2. The van der Waals surface area contributed by atoms with Gasteiger partial charge in [0.05, 0.1) is 0 Å². The number of oxime groups is 1. The van der Waals surface area contributed by atoms with E-state index in [1.165, 1.54) is 12.1 Å². The van der Waals surface area contributed by atoms with Crippen molar-refractivity contribution in [2.75, 3.05) is 13.1 Å². The highest BCUT2D eigenvalue weighted by Crippen LogP contribution is 2.20. The van der Waals surface area contributed by atoms with Crippen molar-refractivity contribution in [3.63, 3.8) is 0 Å². The van der Waals surface area contributed by atoms with Gasteiger partial charge in [-0.25, -0.2) is 4.39 Å². The molecule has 0 aromatic heterocycles. The van der Waals surface area contributed by atoms with E-state index >= 15 is 0 Å². The molecule has 0 aliphatic carbocycles. The zero-order valence-electron chi connectivity index (χ0n) is 11.8. The summed E-state index contributed by atoms with van der Waals surface area (Å²) in [6, 6.07) is 4.67. The SMILES string of the molecule is CC(C)CN(CCC(N)=NO)Cc1cc(F)ccc1Br. The van der Waals surface area contributed by atoms with Gasteiger partial charge in [-0.3, -0.25) is 4.90 Å². The molecule has 0 heterocycles. The predicted molar refractivity (Wildman–Crippen MR) is 82.2 cm³/mol. The van der Waals surface area contributed by atoms with E-state index in [1.54, 1.807) is 6.07 Å². The summed E-state index contributed by atoms with van der Waals surface area (Å²) in [4.78, 5) is 2.17. The summed E-state index contributed by atoms with van der Waals surface area (Å²) in [5.74, 6) is 0.441. The average molecular weight is 346 g/mol. The lowest BCUT2D eigenvalue weighted by atomic mass is 10.1. The second-order valence-electron chi connectivity index (χ2n) is 5.21. The third-order valence-electron chi connectivity index (χ3n) is 2.84. The van der Waals surface area contributed by atoms with Crippen molar-refractivity contribution < 1.29 is 9.60 Å². The van der Waals surface area contributed by atoms with Gasteiger partial charge in [0.15, 0.2) is 0 Å². The Bertz CT molecular complexity index is 466. The van der Waals surface area contributed by atoms with Gasteiger partial charge in [0.1, 0.15) is 11.7 Å². The first-order chi connectivity index (χ1) is 9.42. The zero-order valence-corrected chi connectivity index (χ0v) is 13.4. The topological polar surface area (TPSA) is 61.8 Å². The third kappa shape index (κ3) is 5.88. The van der Waals surface area contributed by atoms with Crippen LogP contribution >= 0.6 is 15.9 Å². The summed E-state index contributed by atoms with van der Waals surface area (Å²) < 4.78 is 14.2. The second kappa shape index (κ2) is 8.21. The predicted octanol–water partition coefficient (Wildman–Crippen LogP) is 3.18. The van der Waals surface area contributed by atoms with Crippen LogP contribution in [0.2, 0.25) is 0 Å². The Morgan fingerprint density at radius 2 is 2.20 bits per heavy atom. The Morgan fingerprint density at radius 3 is 2.80 bits per heavy atom. The van der Waals surface area contributed by atoms with Gasteiger partial charge in [-0.1, -0.05) is 34.9 Å². The Morgan fingerprint density at radius 1 is 1.50 bits per heavy atom. The van der Waals surface area contributed by atoms with E-state index in [2.05, 4.69) is 39.8 Å². The van der Waals surface area contributed by atoms with Crippen LogP contribution in [0.5, 0.6) is 0 Å². The maximum absolute atomic E-state index is 13.3. The van der Waals surface area contributed by atoms with E-state index in [0.29, 0.717) is 25.4 Å². The van der Waals surface area contributed by atoms with Crippen molar-refractivity contribution in [1.29, 1.82) is 0 Å². The number of nitrogens with two attached hydrogens (primary N) is 1. The van der Waals surface area contributed by atoms with Crippen molar-refractivity contribution in [1.82, 2.24) is 4.90 Å². The van der Waals surface area contributed by atoms with Crippen molar-refractivity contribution in [2.24, 2.45) is 16.8 Å². The molecule has 6 heteroatoms. The molecule has 0 radical (unpaired) electrons. The number of amidine groups is 1. The number of hydrogen-bond donors (Lipinski definition) is 2. The molecule has 112 valence electrons. The Hall–Kier alpha value is -1.14. The fraction of sp³-hybridized carbons (Fsp3) is 0.500. The van der Waals surface area contributed by atoms with Crippen LogP contribution in [-0.2, 0) is 6.54 Å². The van der Waals surface area contributed by atoms with Gasteiger partial charge in [0.2, 0.25) is 0 Å². The molecule has 20 heavy (non-hydrogen) atoms. The fourth-order valence-electron chi connectivity index (χ4n) is 1.98. The molecule has 3 N–H and O–H groups in total. The van der Waals surface area contributed by atoms with Crippen molar-refractivity contribution >= 4 is 21.8 Å². The van der Waals surface area contributed by atoms with Crippen LogP contribution in [0.3, 0.4) is 0 Å². The minimum absolute atomic E-state index is 0.206. The first-order valence-electron chi connectivity index (χ1n) is 6.55. The number of benzene rings is 1. The first kappa shape index (κ1) is 16.9. The van der Waals surface area contributed by atoms with Crippen LogP contribution in [0.25, 0.3) is 0 Å². The Balaban J connectivity index is 2.75. The lowest BCUT2D eigenvalue weighted by Crippen LogP contribution is -2.31. The number of rotatable bonds is 7. The average Bonchev–Trinajstić information content (AvgIpc) is 2.39. The highest BCUT2D eigenvalue weighted by atomic mass is 79.9.